The lowest BCUT2D eigenvalue weighted by molar-refractivity contribution is -0.121. The molecule has 110 valence electrons. The number of nitrogens with one attached hydrogen (secondary N) is 2. The van der Waals surface area contributed by atoms with Gasteiger partial charge >= 0.3 is 0 Å². The zero-order valence-electron chi connectivity index (χ0n) is 12.3. The molecular formula is C15H29N3O. The number of carbonyl (C=O) groups excluding carboxylic acids is 1. The summed E-state index contributed by atoms with van der Waals surface area (Å²) in [7, 11) is 2.17. The SMILES string of the molecule is CN(CCNCC(=O)NC1CCCCCC1)C1CC1. The Morgan fingerprint density at radius 2 is 1.79 bits per heavy atom. The summed E-state index contributed by atoms with van der Waals surface area (Å²) < 4.78 is 0. The Hall–Kier alpha value is -0.610. The summed E-state index contributed by atoms with van der Waals surface area (Å²) >= 11 is 0. The quantitative estimate of drug-likeness (QED) is 0.543. The molecule has 0 saturated heterocycles. The van der Waals surface area contributed by atoms with Gasteiger partial charge in [0.1, 0.15) is 0 Å². The van der Waals surface area contributed by atoms with Gasteiger partial charge in [-0.2, -0.15) is 0 Å². The van der Waals surface area contributed by atoms with Crippen molar-refractivity contribution in [3.8, 4) is 0 Å². The molecule has 2 N–H and O–H groups in total. The number of nitrogens with zero attached hydrogens (tertiary/aromatic N) is 1. The zero-order valence-corrected chi connectivity index (χ0v) is 12.3. The minimum absolute atomic E-state index is 0.168. The molecule has 0 heterocycles. The van der Waals surface area contributed by atoms with Gasteiger partial charge < -0.3 is 15.5 Å². The molecule has 0 aliphatic heterocycles. The highest BCUT2D eigenvalue weighted by atomic mass is 16.1. The number of hydrogen-bond donors (Lipinski definition) is 2. The molecule has 0 aromatic heterocycles. The predicted molar refractivity (Wildman–Crippen MR) is 78.2 cm³/mol. The van der Waals surface area contributed by atoms with Crippen LogP contribution < -0.4 is 10.6 Å². The molecular weight excluding hydrogens is 238 g/mol. The third-order valence-electron chi connectivity index (χ3n) is 4.32. The first-order valence-corrected chi connectivity index (χ1v) is 7.96. The van der Waals surface area contributed by atoms with Crippen LogP contribution in [0.4, 0.5) is 0 Å². The summed E-state index contributed by atoms with van der Waals surface area (Å²) in [6.07, 6.45) is 10.2. The maximum Gasteiger partial charge on any atom is 0.234 e. The van der Waals surface area contributed by atoms with Crippen molar-refractivity contribution in [3.63, 3.8) is 0 Å². The molecule has 0 atom stereocenters. The molecule has 2 rings (SSSR count). The summed E-state index contributed by atoms with van der Waals surface area (Å²) in [5.41, 5.74) is 0. The lowest BCUT2D eigenvalue weighted by Crippen LogP contribution is -2.41. The van der Waals surface area contributed by atoms with E-state index in [0.29, 0.717) is 12.6 Å². The van der Waals surface area contributed by atoms with Crippen molar-refractivity contribution in [3.05, 3.63) is 0 Å². The highest BCUT2D eigenvalue weighted by molar-refractivity contribution is 5.78. The van der Waals surface area contributed by atoms with Crippen molar-refractivity contribution in [2.24, 2.45) is 0 Å². The van der Waals surface area contributed by atoms with Gasteiger partial charge in [0.15, 0.2) is 0 Å². The van der Waals surface area contributed by atoms with Gasteiger partial charge in [0.2, 0.25) is 5.91 Å². The molecule has 0 unspecified atom stereocenters. The van der Waals surface area contributed by atoms with E-state index in [1.807, 2.05) is 0 Å². The monoisotopic (exact) mass is 267 g/mol. The van der Waals surface area contributed by atoms with E-state index in [9.17, 15) is 4.79 Å². The first kappa shape index (κ1) is 14.8. The summed E-state index contributed by atoms with van der Waals surface area (Å²) in [6.45, 7) is 2.42. The summed E-state index contributed by atoms with van der Waals surface area (Å²) in [5, 5.41) is 6.42. The minimum Gasteiger partial charge on any atom is -0.352 e. The first-order chi connectivity index (χ1) is 9.25. The van der Waals surface area contributed by atoms with E-state index < -0.39 is 0 Å². The van der Waals surface area contributed by atoms with Crippen LogP contribution in [0.3, 0.4) is 0 Å². The molecule has 1 amide bonds. The van der Waals surface area contributed by atoms with Gasteiger partial charge in [0.05, 0.1) is 6.54 Å². The Balaban J connectivity index is 1.51. The molecule has 2 fully saturated rings. The topological polar surface area (TPSA) is 44.4 Å². The van der Waals surface area contributed by atoms with E-state index in [0.717, 1.165) is 32.0 Å². The number of amides is 1. The van der Waals surface area contributed by atoms with E-state index in [2.05, 4.69) is 22.6 Å². The van der Waals surface area contributed by atoms with Crippen LogP contribution in [0.15, 0.2) is 0 Å². The molecule has 2 aliphatic carbocycles. The summed E-state index contributed by atoms with van der Waals surface area (Å²) in [4.78, 5) is 14.2. The van der Waals surface area contributed by atoms with E-state index in [-0.39, 0.29) is 5.91 Å². The average Bonchev–Trinajstić information content (AvgIpc) is 3.21. The van der Waals surface area contributed by atoms with Crippen LogP contribution in [-0.4, -0.2) is 49.6 Å². The molecule has 2 aliphatic rings. The van der Waals surface area contributed by atoms with Crippen LogP contribution in [0.5, 0.6) is 0 Å². The van der Waals surface area contributed by atoms with Gasteiger partial charge in [-0.05, 0) is 32.7 Å². The largest absolute Gasteiger partial charge is 0.352 e. The summed E-state index contributed by atoms with van der Waals surface area (Å²) in [5.74, 6) is 0.168. The van der Waals surface area contributed by atoms with E-state index in [4.69, 9.17) is 0 Å². The minimum atomic E-state index is 0.168. The van der Waals surface area contributed by atoms with Crippen LogP contribution in [0.25, 0.3) is 0 Å². The Bertz CT molecular complexity index is 271. The van der Waals surface area contributed by atoms with Crippen LogP contribution in [0, 0.1) is 0 Å². The average molecular weight is 267 g/mol. The lowest BCUT2D eigenvalue weighted by atomic mass is 10.1. The predicted octanol–water partition coefficient (Wildman–Crippen LogP) is 1.51. The Kier molecular flexibility index (Phi) is 6.11. The van der Waals surface area contributed by atoms with Crippen molar-refractivity contribution in [2.45, 2.75) is 63.5 Å². The van der Waals surface area contributed by atoms with E-state index in [1.165, 1.54) is 38.5 Å². The first-order valence-electron chi connectivity index (χ1n) is 7.96. The Morgan fingerprint density at radius 1 is 1.11 bits per heavy atom. The fourth-order valence-corrected chi connectivity index (χ4v) is 2.86. The highest BCUT2D eigenvalue weighted by Crippen LogP contribution is 2.24. The van der Waals surface area contributed by atoms with Gasteiger partial charge in [0, 0.05) is 25.2 Å². The lowest BCUT2D eigenvalue weighted by Gasteiger charge is -2.18. The number of carbonyl (C=O) groups is 1. The Labute approximate surface area is 117 Å². The third-order valence-corrected chi connectivity index (χ3v) is 4.32. The van der Waals surface area contributed by atoms with Gasteiger partial charge in [-0.3, -0.25) is 4.79 Å². The number of hydrogen-bond acceptors (Lipinski definition) is 3. The fraction of sp³-hybridized carbons (Fsp3) is 0.933. The van der Waals surface area contributed by atoms with Crippen molar-refractivity contribution < 1.29 is 4.79 Å². The molecule has 0 spiro atoms. The zero-order chi connectivity index (χ0) is 13.5. The van der Waals surface area contributed by atoms with Crippen LogP contribution >= 0.6 is 0 Å². The van der Waals surface area contributed by atoms with Crippen LogP contribution in [0.1, 0.15) is 51.4 Å². The summed E-state index contributed by atoms with van der Waals surface area (Å²) in [6, 6.07) is 1.23. The molecule has 4 nitrogen and oxygen atoms in total. The van der Waals surface area contributed by atoms with Gasteiger partial charge in [-0.25, -0.2) is 0 Å². The molecule has 2 saturated carbocycles. The van der Waals surface area contributed by atoms with Crippen molar-refractivity contribution in [1.82, 2.24) is 15.5 Å². The fourth-order valence-electron chi connectivity index (χ4n) is 2.86. The van der Waals surface area contributed by atoms with Crippen molar-refractivity contribution >= 4 is 5.91 Å². The molecule has 0 radical (unpaired) electrons. The second-order valence-corrected chi connectivity index (χ2v) is 6.14. The van der Waals surface area contributed by atoms with Crippen molar-refractivity contribution in [2.75, 3.05) is 26.7 Å². The van der Waals surface area contributed by atoms with E-state index in [1.54, 1.807) is 0 Å². The molecule has 0 aromatic carbocycles. The van der Waals surface area contributed by atoms with Crippen LogP contribution in [-0.2, 0) is 4.79 Å². The standard InChI is InChI=1S/C15H29N3O/c1-18(14-8-9-14)11-10-16-12-15(19)17-13-6-4-2-3-5-7-13/h13-14,16H,2-12H2,1H3,(H,17,19). The molecule has 4 heteroatoms. The number of likely N-dealkylation sites (N-methyl/N-ethyl adjacent to an activating group) is 1. The molecule has 19 heavy (non-hydrogen) atoms. The van der Waals surface area contributed by atoms with E-state index >= 15 is 0 Å². The smallest absolute Gasteiger partial charge is 0.234 e. The normalized spacial score (nSPS) is 21.4. The maximum absolute atomic E-state index is 11.8. The Morgan fingerprint density at radius 3 is 2.42 bits per heavy atom. The van der Waals surface area contributed by atoms with Gasteiger partial charge in [-0.1, -0.05) is 25.7 Å². The third kappa shape index (κ3) is 5.91. The maximum atomic E-state index is 11.8. The van der Waals surface area contributed by atoms with Gasteiger partial charge in [0.25, 0.3) is 0 Å². The second kappa shape index (κ2) is 7.85. The van der Waals surface area contributed by atoms with Crippen molar-refractivity contribution in [1.29, 1.82) is 0 Å². The van der Waals surface area contributed by atoms with Gasteiger partial charge in [-0.15, -0.1) is 0 Å². The van der Waals surface area contributed by atoms with Crippen LogP contribution in [0.2, 0.25) is 0 Å². The second-order valence-electron chi connectivity index (χ2n) is 6.14. The highest BCUT2D eigenvalue weighted by Gasteiger charge is 2.25. The number of rotatable bonds is 7. The molecule has 0 aromatic rings. The molecule has 0 bridgehead atoms.